The van der Waals surface area contributed by atoms with Crippen molar-refractivity contribution in [3.05, 3.63) is 24.0 Å². The summed E-state index contributed by atoms with van der Waals surface area (Å²) in [6, 6.07) is 0. The van der Waals surface area contributed by atoms with Crippen LogP contribution in [0, 0.1) is 5.92 Å². The van der Waals surface area contributed by atoms with E-state index in [-0.39, 0.29) is 0 Å². The zero-order valence-corrected chi connectivity index (χ0v) is 12.5. The second kappa shape index (κ2) is 7.24. The quantitative estimate of drug-likeness (QED) is 0.709. The number of piperidine rings is 1. The Morgan fingerprint density at radius 2 is 2.11 bits per heavy atom. The van der Waals surface area contributed by atoms with Crippen LogP contribution in [0.1, 0.15) is 40.5 Å². The highest BCUT2D eigenvalue weighted by atomic mass is 15.3. The van der Waals surface area contributed by atoms with Crippen LogP contribution in [0.2, 0.25) is 0 Å². The van der Waals surface area contributed by atoms with Crippen LogP contribution in [-0.2, 0) is 7.05 Å². The molecule has 1 aromatic heterocycles. The summed E-state index contributed by atoms with van der Waals surface area (Å²) in [6.07, 6.45) is 8.82. The van der Waals surface area contributed by atoms with E-state index in [9.17, 15) is 0 Å². The zero-order chi connectivity index (χ0) is 13.5. The van der Waals surface area contributed by atoms with Gasteiger partial charge in [0.2, 0.25) is 0 Å². The molecule has 1 unspecified atom stereocenters. The van der Waals surface area contributed by atoms with Gasteiger partial charge in [0.1, 0.15) is 0 Å². The first kappa shape index (κ1) is 14.8. The molecule has 102 valence electrons. The smallest absolute Gasteiger partial charge is 0.0752 e. The third-order valence-corrected chi connectivity index (χ3v) is 3.29. The SMILES string of the molecule is CC1CCCN(c2cnn(C)c2)C1.CC=C(C)C. The molecule has 2 heterocycles. The van der Waals surface area contributed by atoms with Gasteiger partial charge in [-0.1, -0.05) is 18.6 Å². The van der Waals surface area contributed by atoms with E-state index in [1.807, 2.05) is 24.9 Å². The van der Waals surface area contributed by atoms with E-state index in [0.717, 1.165) is 5.92 Å². The first-order chi connectivity index (χ1) is 8.52. The standard InChI is InChI=1S/C10H17N3.C5H10/c1-9-4-3-5-13(7-9)10-6-11-12(2)8-10;1-4-5(2)3/h6,8-9H,3-5,7H2,1-2H3;4H,1-3H3. The highest BCUT2D eigenvalue weighted by Gasteiger charge is 2.17. The molecule has 1 aliphatic rings. The van der Waals surface area contributed by atoms with Crippen molar-refractivity contribution < 1.29 is 0 Å². The molecule has 1 atom stereocenters. The van der Waals surface area contributed by atoms with E-state index in [0.29, 0.717) is 0 Å². The molecule has 3 heteroatoms. The molecule has 0 saturated carbocycles. The molecule has 0 aliphatic carbocycles. The van der Waals surface area contributed by atoms with Gasteiger partial charge in [-0.05, 0) is 39.5 Å². The largest absolute Gasteiger partial charge is 0.369 e. The molecule has 0 spiro atoms. The van der Waals surface area contributed by atoms with E-state index in [4.69, 9.17) is 0 Å². The minimum Gasteiger partial charge on any atom is -0.369 e. The molecule has 0 N–H and O–H groups in total. The molecular weight excluding hydrogens is 222 g/mol. The van der Waals surface area contributed by atoms with Crippen molar-refractivity contribution in [3.8, 4) is 0 Å². The number of anilines is 1. The summed E-state index contributed by atoms with van der Waals surface area (Å²) in [6.45, 7) is 10.9. The fraction of sp³-hybridized carbons (Fsp3) is 0.667. The van der Waals surface area contributed by atoms with Crippen LogP contribution in [0.5, 0.6) is 0 Å². The van der Waals surface area contributed by atoms with Crippen molar-refractivity contribution in [2.75, 3.05) is 18.0 Å². The topological polar surface area (TPSA) is 21.1 Å². The third kappa shape index (κ3) is 4.94. The van der Waals surface area contributed by atoms with Crippen LogP contribution in [0.4, 0.5) is 5.69 Å². The minimum atomic E-state index is 0.828. The maximum atomic E-state index is 4.19. The van der Waals surface area contributed by atoms with Gasteiger partial charge in [0.25, 0.3) is 0 Å². The summed E-state index contributed by atoms with van der Waals surface area (Å²) in [5.74, 6) is 0.828. The van der Waals surface area contributed by atoms with Crippen LogP contribution >= 0.6 is 0 Å². The predicted octanol–water partition coefficient (Wildman–Crippen LogP) is 3.63. The molecule has 1 aliphatic heterocycles. The van der Waals surface area contributed by atoms with Gasteiger partial charge in [0, 0.05) is 26.3 Å². The molecule has 1 aromatic rings. The van der Waals surface area contributed by atoms with Gasteiger partial charge < -0.3 is 4.90 Å². The number of aromatic nitrogens is 2. The zero-order valence-electron chi connectivity index (χ0n) is 12.5. The molecule has 0 amide bonds. The maximum absolute atomic E-state index is 4.19. The normalized spacial score (nSPS) is 18.9. The molecule has 0 aromatic carbocycles. The number of allylic oxidation sites excluding steroid dienone is 2. The van der Waals surface area contributed by atoms with Gasteiger partial charge in [-0.15, -0.1) is 0 Å². The first-order valence-corrected chi connectivity index (χ1v) is 6.86. The average molecular weight is 249 g/mol. The average Bonchev–Trinajstić information content (AvgIpc) is 2.77. The first-order valence-electron chi connectivity index (χ1n) is 6.86. The Morgan fingerprint density at radius 3 is 2.56 bits per heavy atom. The van der Waals surface area contributed by atoms with Gasteiger partial charge in [-0.2, -0.15) is 5.10 Å². The summed E-state index contributed by atoms with van der Waals surface area (Å²) in [4.78, 5) is 2.43. The molecule has 0 bridgehead atoms. The van der Waals surface area contributed by atoms with Crippen LogP contribution in [-0.4, -0.2) is 22.9 Å². The molecule has 18 heavy (non-hydrogen) atoms. The van der Waals surface area contributed by atoms with E-state index >= 15 is 0 Å². The Morgan fingerprint density at radius 1 is 1.44 bits per heavy atom. The predicted molar refractivity (Wildman–Crippen MR) is 78.9 cm³/mol. The summed E-state index contributed by atoms with van der Waals surface area (Å²) >= 11 is 0. The second-order valence-corrected chi connectivity index (χ2v) is 5.43. The summed E-state index contributed by atoms with van der Waals surface area (Å²) in [7, 11) is 1.97. The summed E-state index contributed by atoms with van der Waals surface area (Å²) in [5, 5.41) is 4.19. The maximum Gasteiger partial charge on any atom is 0.0752 e. The van der Waals surface area contributed by atoms with Crippen molar-refractivity contribution in [3.63, 3.8) is 0 Å². The van der Waals surface area contributed by atoms with Crippen molar-refractivity contribution in [1.29, 1.82) is 0 Å². The molecule has 1 fully saturated rings. The lowest BCUT2D eigenvalue weighted by Gasteiger charge is -2.31. The van der Waals surface area contributed by atoms with Crippen molar-refractivity contribution in [2.24, 2.45) is 13.0 Å². The molecule has 0 radical (unpaired) electrons. The van der Waals surface area contributed by atoms with E-state index < -0.39 is 0 Å². The van der Waals surface area contributed by atoms with Crippen molar-refractivity contribution in [2.45, 2.75) is 40.5 Å². The monoisotopic (exact) mass is 249 g/mol. The van der Waals surface area contributed by atoms with Crippen molar-refractivity contribution >= 4 is 5.69 Å². The highest BCUT2D eigenvalue weighted by molar-refractivity contribution is 5.42. The fourth-order valence-corrected chi connectivity index (χ4v) is 2.00. The second-order valence-electron chi connectivity index (χ2n) is 5.43. The van der Waals surface area contributed by atoms with Gasteiger partial charge in [-0.25, -0.2) is 0 Å². The third-order valence-electron chi connectivity index (χ3n) is 3.29. The number of hydrogen-bond acceptors (Lipinski definition) is 2. The summed E-state index contributed by atoms with van der Waals surface area (Å²) < 4.78 is 1.87. The summed E-state index contributed by atoms with van der Waals surface area (Å²) in [5.41, 5.74) is 2.65. The molecule has 3 nitrogen and oxygen atoms in total. The Hall–Kier alpha value is -1.25. The van der Waals surface area contributed by atoms with Crippen LogP contribution in [0.3, 0.4) is 0 Å². The highest BCUT2D eigenvalue weighted by Crippen LogP contribution is 2.21. The van der Waals surface area contributed by atoms with Gasteiger partial charge in [0.15, 0.2) is 0 Å². The van der Waals surface area contributed by atoms with Gasteiger partial charge in [-0.3, -0.25) is 4.68 Å². The van der Waals surface area contributed by atoms with E-state index in [1.54, 1.807) is 0 Å². The Kier molecular flexibility index (Phi) is 5.96. The number of nitrogens with zero attached hydrogens (tertiary/aromatic N) is 3. The number of hydrogen-bond donors (Lipinski definition) is 0. The van der Waals surface area contributed by atoms with Crippen molar-refractivity contribution in [1.82, 2.24) is 9.78 Å². The Balaban J connectivity index is 0.000000280. The van der Waals surface area contributed by atoms with Crippen LogP contribution < -0.4 is 4.90 Å². The van der Waals surface area contributed by atoms with E-state index in [2.05, 4.69) is 43.0 Å². The lowest BCUT2D eigenvalue weighted by atomic mass is 10.0. The molecule has 1 saturated heterocycles. The van der Waals surface area contributed by atoms with Gasteiger partial charge in [0.05, 0.1) is 11.9 Å². The Bertz CT molecular complexity index is 375. The Labute approximate surface area is 111 Å². The fourth-order valence-electron chi connectivity index (χ4n) is 2.00. The number of rotatable bonds is 1. The lowest BCUT2D eigenvalue weighted by molar-refractivity contribution is 0.447. The lowest BCUT2D eigenvalue weighted by Crippen LogP contribution is -2.33. The molecule has 2 rings (SSSR count). The molecular formula is C15H27N3. The van der Waals surface area contributed by atoms with Gasteiger partial charge >= 0.3 is 0 Å². The van der Waals surface area contributed by atoms with Crippen LogP contribution in [0.25, 0.3) is 0 Å². The number of aryl methyl sites for hydroxylation is 1. The minimum absolute atomic E-state index is 0.828. The van der Waals surface area contributed by atoms with Crippen LogP contribution in [0.15, 0.2) is 24.0 Å². The van der Waals surface area contributed by atoms with E-state index in [1.165, 1.54) is 37.2 Å².